The van der Waals surface area contributed by atoms with Gasteiger partial charge in [-0.05, 0) is 35.0 Å². The van der Waals surface area contributed by atoms with E-state index in [0.29, 0.717) is 11.8 Å². The van der Waals surface area contributed by atoms with Crippen LogP contribution in [-0.2, 0) is 9.47 Å². The summed E-state index contributed by atoms with van der Waals surface area (Å²) in [4.78, 5) is 0. The first kappa shape index (κ1) is 12.6. The van der Waals surface area contributed by atoms with Crippen LogP contribution in [0.2, 0.25) is 0 Å². The van der Waals surface area contributed by atoms with E-state index in [2.05, 4.69) is 37.9 Å². The highest BCUT2D eigenvalue weighted by Gasteiger charge is 2.53. The maximum absolute atomic E-state index is 6.14. The lowest BCUT2D eigenvalue weighted by Gasteiger charge is -2.32. The molecule has 3 nitrogen and oxygen atoms in total. The molecule has 2 heterocycles. The van der Waals surface area contributed by atoms with Crippen molar-refractivity contribution < 1.29 is 14.2 Å². The molecule has 2 fully saturated rings. The number of ether oxygens (including phenoxy) is 3. The summed E-state index contributed by atoms with van der Waals surface area (Å²) in [6.07, 6.45) is 1.37. The van der Waals surface area contributed by atoms with E-state index >= 15 is 0 Å². The zero-order chi connectivity index (χ0) is 13.1. The van der Waals surface area contributed by atoms with Crippen molar-refractivity contribution in [1.82, 2.24) is 0 Å². The largest absolute Gasteiger partial charge is 0.488 e. The number of fused-ring (bicyclic) bond motifs is 5. The number of benzene rings is 1. The molecule has 0 bridgehead atoms. The molecule has 5 heteroatoms. The maximum Gasteiger partial charge on any atom is 0.155 e. The fourth-order valence-electron chi connectivity index (χ4n) is 3.61. The molecule has 1 aromatic rings. The standard InChI is InChI=1S/C14H14Br2O3/c1-6-17-5-9-11(18-6)4-12-13(9)8-2-7(15)3-10(16)14(8)19-12/h2-3,6,9,11-13H,4-5H2,1H3/t6?,9-,11+,12-,13+/m0/s1. The van der Waals surface area contributed by atoms with E-state index in [1.807, 2.05) is 13.0 Å². The van der Waals surface area contributed by atoms with Crippen molar-refractivity contribution in [3.8, 4) is 5.75 Å². The van der Waals surface area contributed by atoms with Gasteiger partial charge >= 0.3 is 0 Å². The second-order valence-corrected chi connectivity index (χ2v) is 7.23. The summed E-state index contributed by atoms with van der Waals surface area (Å²) in [5.74, 6) is 1.79. The SMILES string of the molecule is CC1OC[C@@H]2[C@H]3c4cc(Br)cc(Br)c4O[C@H]3C[C@H]2O1. The van der Waals surface area contributed by atoms with Crippen molar-refractivity contribution >= 4 is 31.9 Å². The number of rotatable bonds is 0. The van der Waals surface area contributed by atoms with Crippen molar-refractivity contribution in [2.75, 3.05) is 6.61 Å². The topological polar surface area (TPSA) is 27.7 Å². The molecule has 1 saturated carbocycles. The average Bonchev–Trinajstić information content (AvgIpc) is 2.85. The van der Waals surface area contributed by atoms with E-state index in [-0.39, 0.29) is 18.5 Å². The lowest BCUT2D eigenvalue weighted by molar-refractivity contribution is -0.221. The Hall–Kier alpha value is -0.100. The van der Waals surface area contributed by atoms with Crippen LogP contribution >= 0.6 is 31.9 Å². The Morgan fingerprint density at radius 2 is 2.05 bits per heavy atom. The van der Waals surface area contributed by atoms with Gasteiger partial charge in [-0.2, -0.15) is 0 Å². The highest BCUT2D eigenvalue weighted by atomic mass is 79.9. The molecule has 0 aromatic heterocycles. The normalized spacial score (nSPS) is 39.4. The predicted molar refractivity (Wildman–Crippen MR) is 77.4 cm³/mol. The van der Waals surface area contributed by atoms with E-state index in [0.717, 1.165) is 27.7 Å². The Morgan fingerprint density at radius 3 is 2.89 bits per heavy atom. The van der Waals surface area contributed by atoms with Crippen LogP contribution in [0.25, 0.3) is 0 Å². The molecule has 3 aliphatic rings. The number of hydrogen-bond donors (Lipinski definition) is 0. The van der Waals surface area contributed by atoms with Crippen LogP contribution in [0.1, 0.15) is 24.8 Å². The minimum Gasteiger partial charge on any atom is -0.488 e. The summed E-state index contributed by atoms with van der Waals surface area (Å²) in [6, 6.07) is 4.21. The van der Waals surface area contributed by atoms with E-state index in [1.54, 1.807) is 0 Å². The van der Waals surface area contributed by atoms with Crippen LogP contribution in [0, 0.1) is 5.92 Å². The quantitative estimate of drug-likeness (QED) is 0.674. The molecule has 0 amide bonds. The van der Waals surface area contributed by atoms with Gasteiger partial charge in [0.25, 0.3) is 0 Å². The van der Waals surface area contributed by atoms with E-state index in [4.69, 9.17) is 14.2 Å². The zero-order valence-electron chi connectivity index (χ0n) is 10.4. The highest BCUT2D eigenvalue weighted by molar-refractivity contribution is 9.11. The molecule has 19 heavy (non-hydrogen) atoms. The number of hydrogen-bond acceptors (Lipinski definition) is 3. The minimum atomic E-state index is -0.0891. The third kappa shape index (κ3) is 1.89. The van der Waals surface area contributed by atoms with Crippen molar-refractivity contribution in [3.05, 3.63) is 26.6 Å². The molecular formula is C14H14Br2O3. The minimum absolute atomic E-state index is 0.0891. The second-order valence-electron chi connectivity index (χ2n) is 5.46. The van der Waals surface area contributed by atoms with E-state index in [9.17, 15) is 0 Å². The first-order valence-corrected chi connectivity index (χ1v) is 8.15. The van der Waals surface area contributed by atoms with Gasteiger partial charge in [-0.3, -0.25) is 0 Å². The Morgan fingerprint density at radius 1 is 1.21 bits per heavy atom. The molecule has 1 unspecified atom stereocenters. The highest BCUT2D eigenvalue weighted by Crippen LogP contribution is 2.54. The van der Waals surface area contributed by atoms with Gasteiger partial charge in [0, 0.05) is 28.3 Å². The van der Waals surface area contributed by atoms with E-state index < -0.39 is 0 Å². The van der Waals surface area contributed by atoms with Gasteiger partial charge in [0.15, 0.2) is 6.29 Å². The van der Waals surface area contributed by atoms with Crippen LogP contribution in [0.3, 0.4) is 0 Å². The summed E-state index contributed by atoms with van der Waals surface area (Å²) < 4.78 is 19.8. The Bertz CT molecular complexity index is 534. The average molecular weight is 390 g/mol. The van der Waals surface area contributed by atoms with Gasteiger partial charge in [-0.1, -0.05) is 15.9 Å². The third-order valence-electron chi connectivity index (χ3n) is 4.36. The van der Waals surface area contributed by atoms with E-state index in [1.165, 1.54) is 5.56 Å². The summed E-state index contributed by atoms with van der Waals surface area (Å²) >= 11 is 7.15. The molecule has 4 rings (SSSR count). The van der Waals surface area contributed by atoms with Crippen molar-refractivity contribution in [2.24, 2.45) is 5.92 Å². The Labute approximate surface area is 128 Å². The zero-order valence-corrected chi connectivity index (χ0v) is 13.6. The second kappa shape index (κ2) is 4.45. The smallest absolute Gasteiger partial charge is 0.155 e. The van der Waals surface area contributed by atoms with Gasteiger partial charge in [0.05, 0.1) is 17.2 Å². The summed E-state index contributed by atoms with van der Waals surface area (Å²) in [5.41, 5.74) is 1.28. The lowest BCUT2D eigenvalue weighted by atomic mass is 9.88. The number of halogens is 2. The molecule has 5 atom stereocenters. The van der Waals surface area contributed by atoms with Crippen molar-refractivity contribution in [1.29, 1.82) is 0 Å². The maximum atomic E-state index is 6.14. The molecule has 102 valence electrons. The molecule has 1 saturated heterocycles. The molecule has 0 spiro atoms. The summed E-state index contributed by atoms with van der Waals surface area (Å²) in [6.45, 7) is 2.73. The van der Waals surface area contributed by atoms with Gasteiger partial charge in [-0.15, -0.1) is 0 Å². The molecule has 2 aliphatic heterocycles. The predicted octanol–water partition coefficient (Wildman–Crippen LogP) is 3.84. The van der Waals surface area contributed by atoms with Crippen molar-refractivity contribution in [2.45, 2.75) is 37.8 Å². The van der Waals surface area contributed by atoms with Crippen LogP contribution in [-0.4, -0.2) is 25.1 Å². The van der Waals surface area contributed by atoms with Crippen LogP contribution in [0.4, 0.5) is 0 Å². The van der Waals surface area contributed by atoms with Crippen molar-refractivity contribution in [3.63, 3.8) is 0 Å². The molecular weight excluding hydrogens is 376 g/mol. The first-order valence-electron chi connectivity index (χ1n) is 6.56. The monoisotopic (exact) mass is 388 g/mol. The summed E-state index contributed by atoms with van der Waals surface area (Å²) in [5, 5.41) is 0. The van der Waals surface area contributed by atoms with Gasteiger partial charge in [0.1, 0.15) is 11.9 Å². The van der Waals surface area contributed by atoms with Gasteiger partial charge < -0.3 is 14.2 Å². The van der Waals surface area contributed by atoms with Gasteiger partial charge in [0.2, 0.25) is 0 Å². The molecule has 0 radical (unpaired) electrons. The van der Waals surface area contributed by atoms with Crippen LogP contribution in [0.15, 0.2) is 21.1 Å². The fourth-order valence-corrected chi connectivity index (χ4v) is 4.96. The fraction of sp³-hybridized carbons (Fsp3) is 0.571. The Kier molecular flexibility index (Phi) is 2.96. The van der Waals surface area contributed by atoms with Crippen LogP contribution < -0.4 is 4.74 Å². The van der Waals surface area contributed by atoms with Crippen LogP contribution in [0.5, 0.6) is 5.75 Å². The summed E-state index contributed by atoms with van der Waals surface area (Å²) in [7, 11) is 0. The first-order chi connectivity index (χ1) is 9.13. The lowest BCUT2D eigenvalue weighted by Crippen LogP contribution is -2.37. The molecule has 1 aliphatic carbocycles. The molecule has 1 aromatic carbocycles. The van der Waals surface area contributed by atoms with Gasteiger partial charge in [-0.25, -0.2) is 0 Å². The Balaban J connectivity index is 1.73. The third-order valence-corrected chi connectivity index (χ3v) is 5.41. The molecule has 0 N–H and O–H groups in total.